The molecule has 0 bridgehead atoms. The first-order chi connectivity index (χ1) is 6.13. The Morgan fingerprint density at radius 1 is 1.21 bits per heavy atom. The van der Waals surface area contributed by atoms with E-state index >= 15 is 0 Å². The number of allylic oxidation sites excluding steroid dienone is 2. The number of methoxy groups -OCH3 is 1. The third-order valence-electron chi connectivity index (χ3n) is 1.22. The van der Waals surface area contributed by atoms with Gasteiger partial charge in [-0.15, -0.1) is 0 Å². The van der Waals surface area contributed by atoms with E-state index < -0.39 is 23.6 Å². The van der Waals surface area contributed by atoms with Gasteiger partial charge in [0.1, 0.15) is 0 Å². The molecule has 0 atom stereocenters. The fraction of sp³-hybridized carbons (Fsp3) is 0.571. The number of hydrogen-bond donors (Lipinski definition) is 0. The summed E-state index contributed by atoms with van der Waals surface area (Å²) in [5.74, 6) is -7.81. The Morgan fingerprint density at radius 2 is 1.64 bits per heavy atom. The van der Waals surface area contributed by atoms with Gasteiger partial charge in [-0.2, -0.15) is 22.0 Å². The number of ketones is 1. The van der Waals surface area contributed by atoms with Gasteiger partial charge in [-0.1, -0.05) is 0 Å². The van der Waals surface area contributed by atoms with Crippen molar-refractivity contribution >= 4 is 5.78 Å². The molecule has 0 aromatic rings. The highest BCUT2D eigenvalue weighted by molar-refractivity contribution is 5.87. The number of carbonyl (C=O) groups excluding carboxylic acids is 1. The predicted octanol–water partition coefficient (Wildman–Crippen LogP) is 2.30. The molecular formula is C7H7F5O2. The molecule has 0 aromatic carbocycles. The first-order valence-electron chi connectivity index (χ1n) is 3.34. The number of halogens is 5. The zero-order chi connectivity index (χ0) is 11.6. The van der Waals surface area contributed by atoms with Gasteiger partial charge in [0.25, 0.3) is 0 Å². The topological polar surface area (TPSA) is 26.3 Å². The van der Waals surface area contributed by atoms with Crippen molar-refractivity contribution in [3.8, 4) is 0 Å². The van der Waals surface area contributed by atoms with E-state index in [1.54, 1.807) is 0 Å². The first-order valence-corrected chi connectivity index (χ1v) is 3.34. The van der Waals surface area contributed by atoms with E-state index in [1.807, 2.05) is 0 Å². The largest absolute Gasteiger partial charge is 0.494 e. The summed E-state index contributed by atoms with van der Waals surface area (Å²) in [6.45, 7) is 0.839. The van der Waals surface area contributed by atoms with Crippen molar-refractivity contribution in [1.29, 1.82) is 0 Å². The van der Waals surface area contributed by atoms with Gasteiger partial charge in [-0.25, -0.2) is 0 Å². The van der Waals surface area contributed by atoms with Crippen LogP contribution in [0.3, 0.4) is 0 Å². The van der Waals surface area contributed by atoms with Crippen LogP contribution in [0.25, 0.3) is 0 Å². The lowest BCUT2D eigenvalue weighted by atomic mass is 10.2. The molecule has 7 heteroatoms. The molecule has 0 spiro atoms. The molecule has 0 unspecified atom stereocenters. The molecule has 0 aliphatic carbocycles. The Balaban J connectivity index is 5.14. The van der Waals surface area contributed by atoms with Crippen molar-refractivity contribution in [3.63, 3.8) is 0 Å². The van der Waals surface area contributed by atoms with Gasteiger partial charge in [0, 0.05) is 6.08 Å². The van der Waals surface area contributed by atoms with Crippen LogP contribution >= 0.6 is 0 Å². The van der Waals surface area contributed by atoms with Gasteiger partial charge < -0.3 is 4.74 Å². The molecule has 0 radical (unpaired) electrons. The summed E-state index contributed by atoms with van der Waals surface area (Å²) in [4.78, 5) is 10.3. The standard InChI is InChI=1S/C7H7F5O2/c1-4(13)3-5(14-2)6(8,9)7(10,11)12/h3H,1-2H3/b5-3-. The minimum absolute atomic E-state index is 0.105. The zero-order valence-corrected chi connectivity index (χ0v) is 7.28. The Kier molecular flexibility index (Phi) is 3.61. The minimum Gasteiger partial charge on any atom is -0.494 e. The van der Waals surface area contributed by atoms with E-state index in [0.717, 1.165) is 6.92 Å². The van der Waals surface area contributed by atoms with Crippen molar-refractivity contribution < 1.29 is 31.5 Å². The summed E-state index contributed by atoms with van der Waals surface area (Å²) in [6, 6.07) is 0. The third kappa shape index (κ3) is 2.68. The molecular weight excluding hydrogens is 211 g/mol. The van der Waals surface area contributed by atoms with E-state index in [9.17, 15) is 26.7 Å². The van der Waals surface area contributed by atoms with Crippen LogP contribution in [0.1, 0.15) is 6.92 Å². The summed E-state index contributed by atoms with van der Waals surface area (Å²) >= 11 is 0. The van der Waals surface area contributed by atoms with Crippen LogP contribution < -0.4 is 0 Å². The summed E-state index contributed by atoms with van der Waals surface area (Å²) in [5, 5.41) is 0. The Labute approximate surface area is 76.3 Å². The second-order valence-electron chi connectivity index (χ2n) is 2.40. The Bertz CT molecular complexity index is 253. The molecule has 2 nitrogen and oxygen atoms in total. The van der Waals surface area contributed by atoms with Crippen LogP contribution in [-0.4, -0.2) is 25.0 Å². The van der Waals surface area contributed by atoms with Gasteiger partial charge >= 0.3 is 12.1 Å². The van der Waals surface area contributed by atoms with Gasteiger partial charge in [-0.05, 0) is 6.92 Å². The Morgan fingerprint density at radius 3 is 1.86 bits per heavy atom. The molecule has 0 aliphatic heterocycles. The molecule has 0 rings (SSSR count). The number of rotatable bonds is 3. The van der Waals surface area contributed by atoms with E-state index in [1.165, 1.54) is 0 Å². The normalized spacial score (nSPS) is 14.1. The van der Waals surface area contributed by atoms with Gasteiger partial charge in [0.05, 0.1) is 7.11 Å². The highest BCUT2D eigenvalue weighted by Crippen LogP contribution is 2.41. The minimum atomic E-state index is -5.77. The molecule has 0 heterocycles. The lowest BCUT2D eigenvalue weighted by molar-refractivity contribution is -0.275. The molecule has 0 saturated carbocycles. The lowest BCUT2D eigenvalue weighted by Gasteiger charge is -2.20. The Hall–Kier alpha value is -1.14. The van der Waals surface area contributed by atoms with Crippen LogP contribution in [0.2, 0.25) is 0 Å². The average molecular weight is 218 g/mol. The molecule has 82 valence electrons. The monoisotopic (exact) mass is 218 g/mol. The summed E-state index contributed by atoms with van der Waals surface area (Å²) in [7, 11) is 0.633. The van der Waals surface area contributed by atoms with Crippen LogP contribution in [-0.2, 0) is 9.53 Å². The smallest absolute Gasteiger partial charge is 0.461 e. The summed E-state index contributed by atoms with van der Waals surface area (Å²) < 4.78 is 64.0. The molecule has 0 aromatic heterocycles. The van der Waals surface area contributed by atoms with Crippen LogP contribution in [0.4, 0.5) is 22.0 Å². The number of alkyl halides is 5. The van der Waals surface area contributed by atoms with Crippen molar-refractivity contribution in [3.05, 3.63) is 11.8 Å². The van der Waals surface area contributed by atoms with Crippen molar-refractivity contribution in [2.45, 2.75) is 19.0 Å². The van der Waals surface area contributed by atoms with Crippen molar-refractivity contribution in [2.24, 2.45) is 0 Å². The number of hydrogen-bond acceptors (Lipinski definition) is 2. The maximum atomic E-state index is 12.5. The zero-order valence-electron chi connectivity index (χ0n) is 7.28. The van der Waals surface area contributed by atoms with E-state index in [0.29, 0.717) is 7.11 Å². The molecule has 0 N–H and O–H groups in total. The SMILES string of the molecule is CO/C(=C\C(C)=O)C(F)(F)C(F)(F)F. The second kappa shape index (κ2) is 3.93. The van der Waals surface area contributed by atoms with E-state index in [4.69, 9.17) is 0 Å². The van der Waals surface area contributed by atoms with Gasteiger partial charge in [0.2, 0.25) is 0 Å². The maximum absolute atomic E-state index is 12.5. The van der Waals surface area contributed by atoms with Gasteiger partial charge in [0.15, 0.2) is 11.5 Å². The summed E-state index contributed by atoms with van der Waals surface area (Å²) in [6.07, 6.45) is -5.67. The number of carbonyl (C=O) groups is 1. The molecule has 14 heavy (non-hydrogen) atoms. The summed E-state index contributed by atoms with van der Waals surface area (Å²) in [5.41, 5.74) is 0. The number of ether oxygens (including phenoxy) is 1. The second-order valence-corrected chi connectivity index (χ2v) is 2.40. The van der Waals surface area contributed by atoms with E-state index in [2.05, 4.69) is 4.74 Å². The fourth-order valence-corrected chi connectivity index (χ4v) is 0.602. The molecule has 0 aliphatic rings. The van der Waals surface area contributed by atoms with Crippen LogP contribution in [0, 0.1) is 0 Å². The van der Waals surface area contributed by atoms with Crippen LogP contribution in [0.15, 0.2) is 11.8 Å². The molecule has 0 amide bonds. The molecule has 0 saturated heterocycles. The van der Waals surface area contributed by atoms with Crippen molar-refractivity contribution in [1.82, 2.24) is 0 Å². The van der Waals surface area contributed by atoms with E-state index in [-0.39, 0.29) is 6.08 Å². The third-order valence-corrected chi connectivity index (χ3v) is 1.22. The van der Waals surface area contributed by atoms with Crippen LogP contribution in [0.5, 0.6) is 0 Å². The predicted molar refractivity (Wildman–Crippen MR) is 36.8 cm³/mol. The van der Waals surface area contributed by atoms with Gasteiger partial charge in [-0.3, -0.25) is 4.79 Å². The average Bonchev–Trinajstić information content (AvgIpc) is 1.97. The first kappa shape index (κ1) is 12.9. The maximum Gasteiger partial charge on any atom is 0.461 e. The quantitative estimate of drug-likeness (QED) is 0.412. The highest BCUT2D eigenvalue weighted by Gasteiger charge is 2.61. The highest BCUT2D eigenvalue weighted by atomic mass is 19.4. The fourth-order valence-electron chi connectivity index (χ4n) is 0.602. The lowest BCUT2D eigenvalue weighted by Crippen LogP contribution is -2.39. The molecule has 0 fully saturated rings. The van der Waals surface area contributed by atoms with Crippen molar-refractivity contribution in [2.75, 3.05) is 7.11 Å².